The Kier molecular flexibility index (Phi) is 8.36. The topological polar surface area (TPSA) is 92.6 Å². The highest BCUT2D eigenvalue weighted by molar-refractivity contribution is 5.79. The van der Waals surface area contributed by atoms with Gasteiger partial charge in [-0.1, -0.05) is 25.3 Å². The van der Waals surface area contributed by atoms with Crippen molar-refractivity contribution < 1.29 is 19.7 Å². The number of rotatable bonds is 10. The molecule has 1 saturated heterocycles. The van der Waals surface area contributed by atoms with E-state index in [0.717, 1.165) is 45.1 Å². The van der Waals surface area contributed by atoms with Crippen LogP contribution in [0, 0.1) is 11.1 Å². The summed E-state index contributed by atoms with van der Waals surface area (Å²) in [6.07, 6.45) is 12.5. The second-order valence-corrected chi connectivity index (χ2v) is 7.72. The standard InChI is InChI=1S/C19H34N2O4/c22-18(16-8-4-3-5-9-16)12-13-21(25)15-20-14-17(21)10-6-1-2-7-11-19(23)24/h7,11,16-18,20,22H,1-6,8-10,12-15H2,(H,23,24). The lowest BCUT2D eigenvalue weighted by Gasteiger charge is -2.44. The highest BCUT2D eigenvalue weighted by Gasteiger charge is 2.35. The summed E-state index contributed by atoms with van der Waals surface area (Å²) in [5.74, 6) is -0.526. The van der Waals surface area contributed by atoms with E-state index < -0.39 is 5.97 Å². The van der Waals surface area contributed by atoms with Crippen LogP contribution >= 0.6 is 0 Å². The molecule has 3 atom stereocenters. The SMILES string of the molecule is O=C(O)C=CCCCCC1CNC[N+]1([O-])CCC(O)C1CCCCC1. The van der Waals surface area contributed by atoms with Gasteiger partial charge in [-0.2, -0.15) is 0 Å². The lowest BCUT2D eigenvalue weighted by Crippen LogP contribution is -2.49. The van der Waals surface area contributed by atoms with E-state index in [4.69, 9.17) is 5.11 Å². The van der Waals surface area contributed by atoms with Gasteiger partial charge in [0.25, 0.3) is 0 Å². The molecule has 0 radical (unpaired) electrons. The fraction of sp³-hybridized carbons (Fsp3) is 0.842. The molecule has 2 aliphatic rings. The largest absolute Gasteiger partial charge is 0.632 e. The molecule has 0 aromatic heterocycles. The number of unbranched alkanes of at least 4 members (excludes halogenated alkanes) is 2. The zero-order valence-electron chi connectivity index (χ0n) is 15.2. The third-order valence-electron chi connectivity index (χ3n) is 5.84. The van der Waals surface area contributed by atoms with Crippen molar-refractivity contribution in [3.8, 4) is 0 Å². The molecule has 0 bridgehead atoms. The van der Waals surface area contributed by atoms with Gasteiger partial charge in [0.2, 0.25) is 0 Å². The van der Waals surface area contributed by atoms with E-state index in [-0.39, 0.29) is 16.8 Å². The van der Waals surface area contributed by atoms with E-state index in [0.29, 0.717) is 25.6 Å². The van der Waals surface area contributed by atoms with Gasteiger partial charge in [-0.25, -0.2) is 4.79 Å². The van der Waals surface area contributed by atoms with Gasteiger partial charge in [-0.3, -0.25) is 5.32 Å². The van der Waals surface area contributed by atoms with E-state index in [1.165, 1.54) is 25.3 Å². The zero-order chi connectivity index (χ0) is 18.1. The fourth-order valence-corrected chi connectivity index (χ4v) is 4.25. The summed E-state index contributed by atoms with van der Waals surface area (Å²) in [7, 11) is 0. The van der Waals surface area contributed by atoms with Crippen LogP contribution in [-0.2, 0) is 4.79 Å². The minimum absolute atomic E-state index is 0.0574. The molecule has 3 N–H and O–H groups in total. The van der Waals surface area contributed by atoms with Gasteiger partial charge in [0, 0.05) is 18.9 Å². The second-order valence-electron chi connectivity index (χ2n) is 7.72. The van der Waals surface area contributed by atoms with Crippen LogP contribution in [0.4, 0.5) is 0 Å². The van der Waals surface area contributed by atoms with Crippen LogP contribution in [0.3, 0.4) is 0 Å². The lowest BCUT2D eigenvalue weighted by molar-refractivity contribution is -0.893. The molecule has 1 heterocycles. The van der Waals surface area contributed by atoms with Crippen molar-refractivity contribution in [3.05, 3.63) is 17.4 Å². The maximum absolute atomic E-state index is 13.1. The number of carboxylic acid groups (broad SMARTS) is 1. The predicted octanol–water partition coefficient (Wildman–Crippen LogP) is 2.76. The summed E-state index contributed by atoms with van der Waals surface area (Å²) in [6, 6.07) is 0.0574. The molecule has 0 amide bonds. The first-order valence-electron chi connectivity index (χ1n) is 9.87. The highest BCUT2D eigenvalue weighted by Crippen LogP contribution is 2.29. The third-order valence-corrected chi connectivity index (χ3v) is 5.84. The minimum Gasteiger partial charge on any atom is -0.632 e. The van der Waals surface area contributed by atoms with Crippen molar-refractivity contribution in [2.45, 2.75) is 76.4 Å². The number of hydrogen-bond acceptors (Lipinski definition) is 4. The van der Waals surface area contributed by atoms with Crippen LogP contribution in [0.25, 0.3) is 0 Å². The van der Waals surface area contributed by atoms with Crippen LogP contribution in [0.1, 0.15) is 64.2 Å². The molecular formula is C19H34N2O4. The number of quaternary nitrogens is 1. The maximum atomic E-state index is 13.1. The molecule has 25 heavy (non-hydrogen) atoms. The van der Waals surface area contributed by atoms with Gasteiger partial charge in [-0.15, -0.1) is 0 Å². The molecule has 2 fully saturated rings. The Bertz CT molecular complexity index is 437. The Morgan fingerprint density at radius 3 is 2.76 bits per heavy atom. The van der Waals surface area contributed by atoms with Gasteiger partial charge in [-0.05, 0) is 38.0 Å². The highest BCUT2D eigenvalue weighted by atomic mass is 16.6. The zero-order valence-corrected chi connectivity index (χ0v) is 15.2. The summed E-state index contributed by atoms with van der Waals surface area (Å²) in [4.78, 5) is 10.4. The molecule has 1 aliphatic heterocycles. The van der Waals surface area contributed by atoms with Crippen molar-refractivity contribution in [1.82, 2.24) is 5.32 Å². The minimum atomic E-state index is -0.910. The van der Waals surface area contributed by atoms with Gasteiger partial charge in [0.15, 0.2) is 0 Å². The Morgan fingerprint density at radius 2 is 2.04 bits per heavy atom. The molecule has 6 heteroatoms. The average molecular weight is 354 g/mol. The third kappa shape index (κ3) is 6.70. The number of carboxylic acids is 1. The first kappa shape index (κ1) is 20.4. The lowest BCUT2D eigenvalue weighted by atomic mass is 9.84. The first-order valence-corrected chi connectivity index (χ1v) is 9.87. The molecule has 6 nitrogen and oxygen atoms in total. The van der Waals surface area contributed by atoms with Crippen LogP contribution < -0.4 is 5.32 Å². The Hall–Kier alpha value is -0.950. The van der Waals surface area contributed by atoms with Crippen LogP contribution in [0.5, 0.6) is 0 Å². The van der Waals surface area contributed by atoms with Crippen LogP contribution in [-0.4, -0.2) is 52.7 Å². The Labute approximate surface area is 151 Å². The van der Waals surface area contributed by atoms with E-state index in [9.17, 15) is 15.1 Å². The van der Waals surface area contributed by atoms with Crippen molar-refractivity contribution in [2.24, 2.45) is 5.92 Å². The number of hydroxylamine groups is 3. The summed E-state index contributed by atoms with van der Waals surface area (Å²) in [6.45, 7) is 1.68. The van der Waals surface area contributed by atoms with E-state index >= 15 is 0 Å². The van der Waals surface area contributed by atoms with Gasteiger partial charge < -0.3 is 20.1 Å². The fourth-order valence-electron chi connectivity index (χ4n) is 4.25. The molecular weight excluding hydrogens is 320 g/mol. The number of hydrogen-bond donors (Lipinski definition) is 3. The van der Waals surface area contributed by atoms with Gasteiger partial charge in [0.1, 0.15) is 12.7 Å². The molecule has 0 aromatic carbocycles. The van der Waals surface area contributed by atoms with Gasteiger partial charge >= 0.3 is 5.97 Å². The van der Waals surface area contributed by atoms with Crippen molar-refractivity contribution in [1.29, 1.82) is 0 Å². The van der Waals surface area contributed by atoms with Crippen molar-refractivity contribution in [3.63, 3.8) is 0 Å². The van der Waals surface area contributed by atoms with E-state index in [1.807, 2.05) is 0 Å². The quantitative estimate of drug-likeness (QED) is 0.243. The summed E-state index contributed by atoms with van der Waals surface area (Å²) in [5.41, 5.74) is 0. The summed E-state index contributed by atoms with van der Waals surface area (Å²) in [5, 5.41) is 35.3. The number of aliphatic hydroxyl groups excluding tert-OH is 1. The number of aliphatic hydroxyl groups is 1. The Morgan fingerprint density at radius 1 is 1.28 bits per heavy atom. The smallest absolute Gasteiger partial charge is 0.327 e. The molecule has 0 spiro atoms. The monoisotopic (exact) mass is 354 g/mol. The predicted molar refractivity (Wildman–Crippen MR) is 97.6 cm³/mol. The molecule has 0 aromatic rings. The second kappa shape index (κ2) is 10.3. The number of nitrogens with one attached hydrogen (secondary N) is 1. The average Bonchev–Trinajstić information content (AvgIpc) is 2.97. The van der Waals surface area contributed by atoms with Gasteiger partial charge in [0.05, 0.1) is 19.2 Å². The van der Waals surface area contributed by atoms with Crippen LogP contribution in [0.15, 0.2) is 12.2 Å². The van der Waals surface area contributed by atoms with Crippen molar-refractivity contribution >= 4 is 5.97 Å². The Balaban J connectivity index is 1.69. The van der Waals surface area contributed by atoms with Crippen molar-refractivity contribution in [2.75, 3.05) is 19.8 Å². The number of carbonyl (C=O) groups is 1. The van der Waals surface area contributed by atoms with Crippen LogP contribution in [0.2, 0.25) is 0 Å². The first-order chi connectivity index (χ1) is 12.0. The molecule has 144 valence electrons. The van der Waals surface area contributed by atoms with E-state index in [1.54, 1.807) is 6.08 Å². The number of aliphatic carboxylic acids is 1. The number of nitrogens with zero attached hydrogens (tertiary/aromatic N) is 1. The molecule has 1 saturated carbocycles. The normalized spacial score (nSPS) is 29.3. The van der Waals surface area contributed by atoms with E-state index in [2.05, 4.69) is 5.32 Å². The maximum Gasteiger partial charge on any atom is 0.327 e. The molecule has 2 rings (SSSR count). The number of allylic oxidation sites excluding steroid dienone is 1. The summed E-state index contributed by atoms with van der Waals surface area (Å²) >= 11 is 0. The summed E-state index contributed by atoms with van der Waals surface area (Å²) < 4.78 is -0.227. The molecule has 1 aliphatic carbocycles. The molecule has 3 unspecified atom stereocenters.